The van der Waals surface area contributed by atoms with Crippen LogP contribution >= 0.6 is 0 Å². The lowest BCUT2D eigenvalue weighted by Gasteiger charge is -2.13. The highest BCUT2D eigenvalue weighted by molar-refractivity contribution is 5.66. The summed E-state index contributed by atoms with van der Waals surface area (Å²) in [5.41, 5.74) is 1.62. The third-order valence-electron chi connectivity index (χ3n) is 3.64. The van der Waals surface area contributed by atoms with E-state index in [0.717, 1.165) is 13.1 Å². The summed E-state index contributed by atoms with van der Waals surface area (Å²) in [4.78, 5) is 15.4. The molecule has 5 nitrogen and oxygen atoms in total. The van der Waals surface area contributed by atoms with E-state index < -0.39 is 0 Å². The molecule has 0 bridgehead atoms. The topological polar surface area (TPSA) is 53.9 Å². The number of aromatic nitrogens is 3. The molecule has 0 fully saturated rings. The lowest BCUT2D eigenvalue weighted by atomic mass is 10.1. The zero-order valence-corrected chi connectivity index (χ0v) is 14.3. The van der Waals surface area contributed by atoms with Gasteiger partial charge in [0.25, 0.3) is 0 Å². The highest BCUT2D eigenvalue weighted by Crippen LogP contribution is 2.25. The van der Waals surface area contributed by atoms with Gasteiger partial charge in [0.15, 0.2) is 5.82 Å². The normalized spacial score (nSPS) is 10.9. The molecule has 0 atom stereocenters. The molecular formula is C19H20FN5. The fraction of sp³-hybridized carbons (Fsp3) is 0.211. The van der Waals surface area contributed by atoms with Gasteiger partial charge >= 0.3 is 0 Å². The Balaban J connectivity index is 2.01. The predicted octanol–water partition coefficient (Wildman–Crippen LogP) is 3.32. The molecule has 0 radical (unpaired) electrons. The maximum Gasteiger partial charge on any atom is 0.180 e. The molecule has 0 saturated carbocycles. The van der Waals surface area contributed by atoms with Crippen LogP contribution in [0.5, 0.6) is 0 Å². The van der Waals surface area contributed by atoms with Crippen LogP contribution in [0.3, 0.4) is 0 Å². The van der Waals surface area contributed by atoms with Gasteiger partial charge in [0.05, 0.1) is 5.69 Å². The first-order chi connectivity index (χ1) is 12.1. The van der Waals surface area contributed by atoms with E-state index >= 15 is 0 Å². The second-order valence-electron chi connectivity index (χ2n) is 5.89. The Bertz CT molecular complexity index is 836. The van der Waals surface area contributed by atoms with Crippen molar-refractivity contribution in [3.8, 4) is 22.8 Å². The Labute approximate surface area is 146 Å². The number of hydrogen-bond acceptors (Lipinski definition) is 5. The smallest absolute Gasteiger partial charge is 0.180 e. The van der Waals surface area contributed by atoms with Crippen molar-refractivity contribution in [2.24, 2.45) is 0 Å². The molecule has 0 aliphatic carbocycles. The molecular weight excluding hydrogens is 317 g/mol. The summed E-state index contributed by atoms with van der Waals surface area (Å²) in [5.74, 6) is 0.803. The number of nitrogens with zero attached hydrogens (tertiary/aromatic N) is 4. The first-order valence-electron chi connectivity index (χ1n) is 8.07. The van der Waals surface area contributed by atoms with Crippen LogP contribution in [0.4, 0.5) is 10.2 Å². The average Bonchev–Trinajstić information content (AvgIpc) is 2.62. The zero-order chi connectivity index (χ0) is 17.6. The highest BCUT2D eigenvalue weighted by Gasteiger charge is 2.12. The van der Waals surface area contributed by atoms with Gasteiger partial charge in [-0.3, -0.25) is 4.98 Å². The average molecular weight is 337 g/mol. The summed E-state index contributed by atoms with van der Waals surface area (Å²) in [7, 11) is 4.01. The quantitative estimate of drug-likeness (QED) is 0.748. The Hall–Kier alpha value is -2.86. The minimum Gasteiger partial charge on any atom is -0.369 e. The summed E-state index contributed by atoms with van der Waals surface area (Å²) in [6.45, 7) is 1.58. The van der Waals surface area contributed by atoms with E-state index in [1.807, 2.05) is 32.3 Å². The van der Waals surface area contributed by atoms with Crippen molar-refractivity contribution in [2.45, 2.75) is 0 Å². The number of anilines is 1. The number of benzene rings is 1. The summed E-state index contributed by atoms with van der Waals surface area (Å²) in [5, 5.41) is 3.27. The molecule has 2 aromatic heterocycles. The number of pyridine rings is 1. The van der Waals surface area contributed by atoms with E-state index in [9.17, 15) is 4.39 Å². The minimum absolute atomic E-state index is 0.313. The lowest BCUT2D eigenvalue weighted by molar-refractivity contribution is 0.425. The molecule has 2 heterocycles. The predicted molar refractivity (Wildman–Crippen MR) is 97.7 cm³/mol. The van der Waals surface area contributed by atoms with Crippen LogP contribution < -0.4 is 5.32 Å². The van der Waals surface area contributed by atoms with Crippen LogP contribution in [0.1, 0.15) is 0 Å². The van der Waals surface area contributed by atoms with Crippen molar-refractivity contribution in [1.82, 2.24) is 19.9 Å². The van der Waals surface area contributed by atoms with Gasteiger partial charge in [0.1, 0.15) is 17.3 Å². The van der Waals surface area contributed by atoms with E-state index in [1.165, 1.54) is 6.07 Å². The number of nitrogens with one attached hydrogen (secondary N) is 1. The Morgan fingerprint density at radius 3 is 2.52 bits per heavy atom. The van der Waals surface area contributed by atoms with Gasteiger partial charge in [-0.1, -0.05) is 18.2 Å². The standard InChI is InChI=1S/C19H20FN5/c1-25(2)12-11-22-18-13-17(14-7-3-4-8-15(14)20)23-19(24-18)16-9-5-6-10-21-16/h3-10,13H,11-12H2,1-2H3,(H,22,23,24). The van der Waals surface area contributed by atoms with E-state index in [2.05, 4.69) is 25.2 Å². The van der Waals surface area contributed by atoms with Gasteiger partial charge in [-0.2, -0.15) is 0 Å². The van der Waals surface area contributed by atoms with Gasteiger partial charge in [0, 0.05) is 30.9 Å². The van der Waals surface area contributed by atoms with E-state index in [0.29, 0.717) is 28.6 Å². The van der Waals surface area contributed by atoms with Gasteiger partial charge < -0.3 is 10.2 Å². The second-order valence-corrected chi connectivity index (χ2v) is 5.89. The highest BCUT2D eigenvalue weighted by atomic mass is 19.1. The van der Waals surface area contributed by atoms with Crippen LogP contribution in [-0.2, 0) is 0 Å². The van der Waals surface area contributed by atoms with Crippen molar-refractivity contribution < 1.29 is 4.39 Å². The monoisotopic (exact) mass is 337 g/mol. The summed E-state index contributed by atoms with van der Waals surface area (Å²) < 4.78 is 14.2. The third-order valence-corrected chi connectivity index (χ3v) is 3.64. The summed E-state index contributed by atoms with van der Waals surface area (Å²) in [6.07, 6.45) is 1.69. The van der Waals surface area contributed by atoms with E-state index in [-0.39, 0.29) is 5.82 Å². The fourth-order valence-corrected chi connectivity index (χ4v) is 2.36. The summed E-state index contributed by atoms with van der Waals surface area (Å²) in [6, 6.07) is 13.9. The Morgan fingerprint density at radius 1 is 1.00 bits per heavy atom. The molecule has 0 saturated heterocycles. The third kappa shape index (κ3) is 4.36. The molecule has 1 N–H and O–H groups in total. The minimum atomic E-state index is -0.313. The molecule has 0 amide bonds. The Morgan fingerprint density at radius 2 is 1.80 bits per heavy atom. The SMILES string of the molecule is CN(C)CCNc1cc(-c2ccccc2F)nc(-c2ccccn2)n1. The fourth-order valence-electron chi connectivity index (χ4n) is 2.36. The maximum absolute atomic E-state index is 14.2. The molecule has 0 unspecified atom stereocenters. The van der Waals surface area contributed by atoms with E-state index in [1.54, 1.807) is 30.5 Å². The van der Waals surface area contributed by atoms with Crippen molar-refractivity contribution in [3.05, 3.63) is 60.5 Å². The first-order valence-corrected chi connectivity index (χ1v) is 8.07. The van der Waals surface area contributed by atoms with Crippen molar-refractivity contribution in [1.29, 1.82) is 0 Å². The molecule has 0 aliphatic heterocycles. The van der Waals surface area contributed by atoms with Crippen LogP contribution in [-0.4, -0.2) is 47.0 Å². The van der Waals surface area contributed by atoms with Crippen LogP contribution in [0.15, 0.2) is 54.7 Å². The molecule has 3 rings (SSSR count). The molecule has 0 spiro atoms. The number of rotatable bonds is 6. The van der Waals surface area contributed by atoms with Crippen molar-refractivity contribution >= 4 is 5.82 Å². The van der Waals surface area contributed by atoms with Gasteiger partial charge in [-0.25, -0.2) is 14.4 Å². The lowest BCUT2D eigenvalue weighted by Crippen LogP contribution is -2.21. The molecule has 3 aromatic rings. The molecule has 128 valence electrons. The summed E-state index contributed by atoms with van der Waals surface area (Å²) >= 11 is 0. The first kappa shape index (κ1) is 17.0. The van der Waals surface area contributed by atoms with Gasteiger partial charge in [-0.05, 0) is 38.4 Å². The van der Waals surface area contributed by atoms with Crippen LogP contribution in [0, 0.1) is 5.82 Å². The van der Waals surface area contributed by atoms with Crippen molar-refractivity contribution in [3.63, 3.8) is 0 Å². The zero-order valence-electron chi connectivity index (χ0n) is 14.3. The van der Waals surface area contributed by atoms with Crippen molar-refractivity contribution in [2.75, 3.05) is 32.5 Å². The maximum atomic E-state index is 14.2. The van der Waals surface area contributed by atoms with Crippen LogP contribution in [0.2, 0.25) is 0 Å². The van der Waals surface area contributed by atoms with Gasteiger partial charge in [0.2, 0.25) is 0 Å². The molecule has 6 heteroatoms. The molecule has 0 aliphatic rings. The number of hydrogen-bond donors (Lipinski definition) is 1. The molecule has 25 heavy (non-hydrogen) atoms. The Kier molecular flexibility index (Phi) is 5.30. The molecule has 1 aromatic carbocycles. The number of halogens is 1. The largest absolute Gasteiger partial charge is 0.369 e. The second kappa shape index (κ2) is 7.81. The number of likely N-dealkylation sites (N-methyl/N-ethyl adjacent to an activating group) is 1. The van der Waals surface area contributed by atoms with Gasteiger partial charge in [-0.15, -0.1) is 0 Å². The van der Waals surface area contributed by atoms with Crippen LogP contribution in [0.25, 0.3) is 22.8 Å². The van der Waals surface area contributed by atoms with E-state index in [4.69, 9.17) is 0 Å².